The Morgan fingerprint density at radius 3 is 2.04 bits per heavy atom. The van der Waals surface area contributed by atoms with Crippen molar-refractivity contribution in [3.63, 3.8) is 0 Å². The van der Waals surface area contributed by atoms with Gasteiger partial charge in [0.1, 0.15) is 17.1 Å². The van der Waals surface area contributed by atoms with E-state index in [0.717, 1.165) is 18.7 Å². The molecule has 0 fully saturated rings. The SMILES string of the molecule is COc1cccc(OC)c1C(=O)Nc1ccc(NCCC(C)C)cc1. The third kappa shape index (κ3) is 5.14. The van der Waals surface area contributed by atoms with E-state index >= 15 is 0 Å². The molecule has 0 atom stereocenters. The summed E-state index contributed by atoms with van der Waals surface area (Å²) in [6, 6.07) is 12.9. The molecule has 5 nitrogen and oxygen atoms in total. The van der Waals surface area contributed by atoms with E-state index in [1.165, 1.54) is 14.2 Å². The first-order valence-corrected chi connectivity index (χ1v) is 8.41. The molecule has 0 aliphatic rings. The molecule has 0 radical (unpaired) electrons. The fourth-order valence-corrected chi connectivity index (χ4v) is 2.45. The van der Waals surface area contributed by atoms with Crippen molar-refractivity contribution in [1.82, 2.24) is 0 Å². The molecule has 25 heavy (non-hydrogen) atoms. The zero-order valence-corrected chi connectivity index (χ0v) is 15.3. The Hall–Kier alpha value is -2.69. The minimum atomic E-state index is -0.269. The number of methoxy groups -OCH3 is 2. The number of nitrogens with one attached hydrogen (secondary N) is 2. The minimum Gasteiger partial charge on any atom is -0.496 e. The van der Waals surface area contributed by atoms with Gasteiger partial charge in [0, 0.05) is 17.9 Å². The number of ether oxygens (including phenoxy) is 2. The summed E-state index contributed by atoms with van der Waals surface area (Å²) in [5.74, 6) is 1.35. The average Bonchev–Trinajstić information content (AvgIpc) is 2.62. The fraction of sp³-hybridized carbons (Fsp3) is 0.350. The molecule has 2 aromatic carbocycles. The number of amides is 1. The number of anilines is 2. The summed E-state index contributed by atoms with van der Waals surface area (Å²) < 4.78 is 10.6. The molecular formula is C20H26N2O3. The van der Waals surface area contributed by atoms with Gasteiger partial charge in [0.05, 0.1) is 14.2 Å². The molecule has 0 aliphatic heterocycles. The van der Waals surface area contributed by atoms with E-state index in [-0.39, 0.29) is 5.91 Å². The lowest BCUT2D eigenvalue weighted by Gasteiger charge is -2.13. The molecule has 0 aromatic heterocycles. The molecule has 0 saturated heterocycles. The van der Waals surface area contributed by atoms with Crippen molar-refractivity contribution in [3.05, 3.63) is 48.0 Å². The maximum Gasteiger partial charge on any atom is 0.263 e. The molecule has 0 bridgehead atoms. The number of hydrogen-bond donors (Lipinski definition) is 2. The van der Waals surface area contributed by atoms with Crippen LogP contribution in [0.3, 0.4) is 0 Å². The minimum absolute atomic E-state index is 0.269. The molecule has 2 rings (SSSR count). The van der Waals surface area contributed by atoms with Crippen molar-refractivity contribution < 1.29 is 14.3 Å². The first kappa shape index (κ1) is 18.6. The van der Waals surface area contributed by atoms with Crippen LogP contribution >= 0.6 is 0 Å². The first-order valence-electron chi connectivity index (χ1n) is 8.41. The first-order chi connectivity index (χ1) is 12.0. The average molecular weight is 342 g/mol. The van der Waals surface area contributed by atoms with Crippen LogP contribution in [0.5, 0.6) is 11.5 Å². The van der Waals surface area contributed by atoms with Gasteiger partial charge in [0.2, 0.25) is 0 Å². The fourth-order valence-electron chi connectivity index (χ4n) is 2.45. The molecule has 1 amide bonds. The largest absolute Gasteiger partial charge is 0.496 e. The van der Waals surface area contributed by atoms with Gasteiger partial charge in [0.25, 0.3) is 5.91 Å². The summed E-state index contributed by atoms with van der Waals surface area (Å²) >= 11 is 0. The van der Waals surface area contributed by atoms with Crippen LogP contribution in [0.25, 0.3) is 0 Å². The van der Waals surface area contributed by atoms with E-state index in [1.807, 2.05) is 24.3 Å². The Morgan fingerprint density at radius 2 is 1.52 bits per heavy atom. The number of carbonyl (C=O) groups is 1. The van der Waals surface area contributed by atoms with Gasteiger partial charge >= 0.3 is 0 Å². The quantitative estimate of drug-likeness (QED) is 0.746. The summed E-state index contributed by atoms with van der Waals surface area (Å²) in [6.45, 7) is 5.33. The lowest BCUT2D eigenvalue weighted by atomic mass is 10.1. The summed E-state index contributed by atoms with van der Waals surface area (Å²) in [5.41, 5.74) is 2.13. The van der Waals surface area contributed by atoms with E-state index < -0.39 is 0 Å². The van der Waals surface area contributed by atoms with Crippen LogP contribution in [0.2, 0.25) is 0 Å². The molecule has 0 unspecified atom stereocenters. The number of benzene rings is 2. The Balaban J connectivity index is 2.06. The lowest BCUT2D eigenvalue weighted by molar-refractivity contribution is 0.102. The van der Waals surface area contributed by atoms with Crippen molar-refractivity contribution in [2.75, 3.05) is 31.4 Å². The lowest BCUT2D eigenvalue weighted by Crippen LogP contribution is -2.14. The van der Waals surface area contributed by atoms with E-state index in [1.54, 1.807) is 18.2 Å². The third-order valence-electron chi connectivity index (χ3n) is 3.85. The third-order valence-corrected chi connectivity index (χ3v) is 3.85. The van der Waals surface area contributed by atoms with Crippen LogP contribution < -0.4 is 20.1 Å². The monoisotopic (exact) mass is 342 g/mol. The molecule has 0 spiro atoms. The smallest absolute Gasteiger partial charge is 0.263 e. The molecule has 5 heteroatoms. The molecule has 0 saturated carbocycles. The maximum atomic E-state index is 12.6. The van der Waals surface area contributed by atoms with Crippen LogP contribution in [0.1, 0.15) is 30.6 Å². The second-order valence-electron chi connectivity index (χ2n) is 6.18. The predicted molar refractivity (Wildman–Crippen MR) is 102 cm³/mol. The molecule has 2 N–H and O–H groups in total. The Bertz CT molecular complexity index is 674. The van der Waals surface area contributed by atoms with Crippen molar-refractivity contribution in [2.45, 2.75) is 20.3 Å². The van der Waals surface area contributed by atoms with E-state index in [9.17, 15) is 4.79 Å². The van der Waals surface area contributed by atoms with Gasteiger partial charge in [-0.3, -0.25) is 4.79 Å². The van der Waals surface area contributed by atoms with Crippen molar-refractivity contribution in [2.24, 2.45) is 5.92 Å². The van der Waals surface area contributed by atoms with E-state index in [4.69, 9.17) is 9.47 Å². The zero-order chi connectivity index (χ0) is 18.2. The van der Waals surface area contributed by atoms with Crippen LogP contribution in [0, 0.1) is 5.92 Å². The number of carbonyl (C=O) groups excluding carboxylic acids is 1. The Kier molecular flexibility index (Phi) is 6.69. The van der Waals surface area contributed by atoms with Gasteiger partial charge in [-0.1, -0.05) is 19.9 Å². The molecule has 134 valence electrons. The highest BCUT2D eigenvalue weighted by molar-refractivity contribution is 6.08. The van der Waals surface area contributed by atoms with Crippen LogP contribution in [0.15, 0.2) is 42.5 Å². The Labute approximate surface area is 149 Å². The van der Waals surface area contributed by atoms with Gasteiger partial charge < -0.3 is 20.1 Å². The molecule has 0 aliphatic carbocycles. The normalized spacial score (nSPS) is 10.4. The molecular weight excluding hydrogens is 316 g/mol. The second-order valence-corrected chi connectivity index (χ2v) is 6.18. The summed E-state index contributed by atoms with van der Waals surface area (Å²) in [5, 5.41) is 6.25. The van der Waals surface area contributed by atoms with Crippen LogP contribution in [-0.2, 0) is 0 Å². The highest BCUT2D eigenvalue weighted by Gasteiger charge is 2.18. The van der Waals surface area contributed by atoms with E-state index in [0.29, 0.717) is 28.7 Å². The van der Waals surface area contributed by atoms with Crippen LogP contribution in [0.4, 0.5) is 11.4 Å². The van der Waals surface area contributed by atoms with Crippen molar-refractivity contribution in [3.8, 4) is 11.5 Å². The highest BCUT2D eigenvalue weighted by Crippen LogP contribution is 2.29. The van der Waals surface area contributed by atoms with Gasteiger partial charge in [-0.15, -0.1) is 0 Å². The summed E-state index contributed by atoms with van der Waals surface area (Å²) in [4.78, 5) is 12.6. The zero-order valence-electron chi connectivity index (χ0n) is 15.3. The molecule has 0 heterocycles. The van der Waals surface area contributed by atoms with Gasteiger partial charge in [0.15, 0.2) is 0 Å². The predicted octanol–water partition coefficient (Wildman–Crippen LogP) is 4.41. The number of rotatable bonds is 8. The van der Waals surface area contributed by atoms with Crippen molar-refractivity contribution in [1.29, 1.82) is 0 Å². The van der Waals surface area contributed by atoms with Gasteiger partial charge in [-0.2, -0.15) is 0 Å². The molecule has 2 aromatic rings. The summed E-state index contributed by atoms with van der Waals surface area (Å²) in [6.07, 6.45) is 1.12. The van der Waals surface area contributed by atoms with E-state index in [2.05, 4.69) is 24.5 Å². The maximum absolute atomic E-state index is 12.6. The standard InChI is InChI=1S/C20H26N2O3/c1-14(2)12-13-21-15-8-10-16(11-9-15)22-20(23)19-17(24-3)6-5-7-18(19)25-4/h5-11,14,21H,12-13H2,1-4H3,(H,22,23). The van der Waals surface area contributed by atoms with Crippen molar-refractivity contribution >= 4 is 17.3 Å². The Morgan fingerprint density at radius 1 is 0.960 bits per heavy atom. The second kappa shape index (κ2) is 8.97. The van der Waals surface area contributed by atoms with Crippen LogP contribution in [-0.4, -0.2) is 26.7 Å². The number of hydrogen-bond acceptors (Lipinski definition) is 4. The van der Waals surface area contributed by atoms with Gasteiger partial charge in [-0.25, -0.2) is 0 Å². The topological polar surface area (TPSA) is 59.6 Å². The van der Waals surface area contributed by atoms with Gasteiger partial charge in [-0.05, 0) is 48.7 Å². The highest BCUT2D eigenvalue weighted by atomic mass is 16.5. The summed E-state index contributed by atoms with van der Waals surface area (Å²) in [7, 11) is 3.06.